The van der Waals surface area contributed by atoms with Crippen molar-refractivity contribution < 1.29 is 9.66 Å². The minimum Gasteiger partial charge on any atom is -0.492 e. The van der Waals surface area contributed by atoms with Crippen molar-refractivity contribution in [3.05, 3.63) is 129 Å². The van der Waals surface area contributed by atoms with E-state index in [1.807, 2.05) is 24.3 Å². The summed E-state index contributed by atoms with van der Waals surface area (Å²) in [5, 5.41) is 11.1. The summed E-state index contributed by atoms with van der Waals surface area (Å²) >= 11 is 0. The predicted octanol–water partition coefficient (Wildman–Crippen LogP) is 7.09. The molecule has 1 aliphatic rings. The van der Waals surface area contributed by atoms with E-state index in [-0.39, 0.29) is 10.6 Å². The van der Waals surface area contributed by atoms with Crippen molar-refractivity contribution in [2.75, 3.05) is 6.61 Å². The monoisotopic (exact) mass is 437 g/mol. The quantitative estimate of drug-likeness (QED) is 0.253. The standard InChI is InChI=1S/C22H19NO3.C7H8/c1-15-5-7-16(8-6-15)11-17-12-19-9-10-26-22(19)21(13-17)18-3-2-4-20(14-18)23(24)25;1-7-5-3-2-4-6-7/h2-8,12-14H,9-11H2,1H3;2-6H,1H3. The van der Waals surface area contributed by atoms with Crippen molar-refractivity contribution >= 4 is 5.69 Å². The van der Waals surface area contributed by atoms with Gasteiger partial charge in [-0.15, -0.1) is 0 Å². The summed E-state index contributed by atoms with van der Waals surface area (Å²) in [5.74, 6) is 0.859. The molecule has 0 bridgehead atoms. The van der Waals surface area contributed by atoms with E-state index in [0.29, 0.717) is 6.61 Å². The first-order valence-corrected chi connectivity index (χ1v) is 11.1. The van der Waals surface area contributed by atoms with Crippen molar-refractivity contribution in [2.24, 2.45) is 0 Å². The normalized spacial score (nSPS) is 11.7. The van der Waals surface area contributed by atoms with Crippen LogP contribution in [0.1, 0.15) is 27.8 Å². The number of nitro groups is 1. The van der Waals surface area contributed by atoms with Crippen LogP contribution in [0.3, 0.4) is 0 Å². The molecule has 5 rings (SSSR count). The molecule has 33 heavy (non-hydrogen) atoms. The van der Waals surface area contributed by atoms with E-state index in [1.165, 1.54) is 33.9 Å². The Morgan fingerprint density at radius 2 is 1.55 bits per heavy atom. The van der Waals surface area contributed by atoms with Crippen molar-refractivity contribution in [3.63, 3.8) is 0 Å². The van der Waals surface area contributed by atoms with E-state index in [2.05, 4.69) is 62.4 Å². The molecule has 4 heteroatoms. The van der Waals surface area contributed by atoms with E-state index in [0.717, 1.165) is 29.7 Å². The Morgan fingerprint density at radius 3 is 2.21 bits per heavy atom. The van der Waals surface area contributed by atoms with E-state index in [4.69, 9.17) is 4.74 Å². The number of rotatable bonds is 4. The average molecular weight is 438 g/mol. The highest BCUT2D eigenvalue weighted by molar-refractivity contribution is 5.75. The fraction of sp³-hybridized carbons (Fsp3) is 0.172. The summed E-state index contributed by atoms with van der Waals surface area (Å²) in [6, 6.07) is 29.8. The van der Waals surface area contributed by atoms with Crippen LogP contribution in [0.25, 0.3) is 11.1 Å². The van der Waals surface area contributed by atoms with Crippen LogP contribution in [0.15, 0.2) is 91.0 Å². The van der Waals surface area contributed by atoms with Crippen LogP contribution < -0.4 is 4.74 Å². The number of aryl methyl sites for hydroxylation is 2. The number of ether oxygens (including phenoxy) is 1. The molecule has 0 spiro atoms. The zero-order chi connectivity index (χ0) is 23.2. The molecular formula is C29H27NO3. The van der Waals surface area contributed by atoms with Gasteiger partial charge in [0.05, 0.1) is 11.5 Å². The zero-order valence-electron chi connectivity index (χ0n) is 19.0. The van der Waals surface area contributed by atoms with Crippen LogP contribution in [-0.4, -0.2) is 11.5 Å². The van der Waals surface area contributed by atoms with Crippen LogP contribution in [-0.2, 0) is 12.8 Å². The Kier molecular flexibility index (Phi) is 6.84. The van der Waals surface area contributed by atoms with Crippen LogP contribution in [0, 0.1) is 24.0 Å². The second-order valence-electron chi connectivity index (χ2n) is 8.35. The van der Waals surface area contributed by atoms with Gasteiger partial charge < -0.3 is 4.74 Å². The molecule has 0 aliphatic carbocycles. The molecule has 166 valence electrons. The first kappa shape index (κ1) is 22.3. The second-order valence-corrected chi connectivity index (χ2v) is 8.35. The third-order valence-corrected chi connectivity index (χ3v) is 5.68. The summed E-state index contributed by atoms with van der Waals surface area (Å²) in [7, 11) is 0. The van der Waals surface area contributed by atoms with Gasteiger partial charge in [0.15, 0.2) is 0 Å². The lowest BCUT2D eigenvalue weighted by atomic mass is 9.94. The van der Waals surface area contributed by atoms with Crippen molar-refractivity contribution in [1.29, 1.82) is 0 Å². The molecular weight excluding hydrogens is 410 g/mol. The Balaban J connectivity index is 0.000000318. The third kappa shape index (κ3) is 5.66. The fourth-order valence-electron chi connectivity index (χ4n) is 3.95. The molecule has 1 heterocycles. The van der Waals surface area contributed by atoms with Crippen molar-refractivity contribution in [2.45, 2.75) is 26.7 Å². The smallest absolute Gasteiger partial charge is 0.270 e. The molecule has 0 aromatic heterocycles. The number of fused-ring (bicyclic) bond motifs is 1. The van der Waals surface area contributed by atoms with Gasteiger partial charge in [0.1, 0.15) is 5.75 Å². The maximum atomic E-state index is 11.1. The molecule has 0 fully saturated rings. The van der Waals surface area contributed by atoms with Gasteiger partial charge in [-0.2, -0.15) is 0 Å². The minimum atomic E-state index is -0.360. The molecule has 0 radical (unpaired) electrons. The van der Waals surface area contributed by atoms with Gasteiger partial charge in [0.2, 0.25) is 0 Å². The predicted molar refractivity (Wildman–Crippen MR) is 133 cm³/mol. The summed E-state index contributed by atoms with van der Waals surface area (Å²) < 4.78 is 5.84. The maximum absolute atomic E-state index is 11.1. The first-order chi connectivity index (χ1) is 16.0. The number of nitrogens with zero attached hydrogens (tertiary/aromatic N) is 1. The van der Waals surface area contributed by atoms with E-state index < -0.39 is 0 Å². The molecule has 1 aliphatic heterocycles. The summed E-state index contributed by atoms with van der Waals surface area (Å²) in [4.78, 5) is 10.8. The lowest BCUT2D eigenvalue weighted by Crippen LogP contribution is -1.94. The molecule has 4 aromatic rings. The average Bonchev–Trinajstić information content (AvgIpc) is 3.30. The lowest BCUT2D eigenvalue weighted by molar-refractivity contribution is -0.384. The molecule has 0 saturated heterocycles. The number of benzene rings is 4. The Labute approximate surface area is 194 Å². The topological polar surface area (TPSA) is 52.4 Å². The molecule has 0 unspecified atom stereocenters. The third-order valence-electron chi connectivity index (χ3n) is 5.68. The van der Waals surface area contributed by atoms with E-state index in [9.17, 15) is 10.1 Å². The highest BCUT2D eigenvalue weighted by Crippen LogP contribution is 2.39. The fourth-order valence-corrected chi connectivity index (χ4v) is 3.95. The molecule has 0 atom stereocenters. The number of nitro benzene ring substituents is 1. The van der Waals surface area contributed by atoms with Gasteiger partial charge >= 0.3 is 0 Å². The Morgan fingerprint density at radius 1 is 0.818 bits per heavy atom. The molecule has 4 nitrogen and oxygen atoms in total. The first-order valence-electron chi connectivity index (χ1n) is 11.1. The van der Waals surface area contributed by atoms with Crippen molar-refractivity contribution in [1.82, 2.24) is 0 Å². The Bertz CT molecular complexity index is 1250. The van der Waals surface area contributed by atoms with Crippen LogP contribution in [0.5, 0.6) is 5.75 Å². The largest absolute Gasteiger partial charge is 0.492 e. The molecule has 0 N–H and O–H groups in total. The van der Waals surface area contributed by atoms with Crippen molar-refractivity contribution in [3.8, 4) is 16.9 Å². The van der Waals surface area contributed by atoms with Gasteiger partial charge in [-0.3, -0.25) is 10.1 Å². The number of hydrogen-bond donors (Lipinski definition) is 0. The highest BCUT2D eigenvalue weighted by atomic mass is 16.6. The van der Waals surface area contributed by atoms with Gasteiger partial charge in [0.25, 0.3) is 5.69 Å². The summed E-state index contributed by atoms with van der Waals surface area (Å²) in [5.41, 5.74) is 8.04. The summed E-state index contributed by atoms with van der Waals surface area (Å²) in [6.07, 6.45) is 1.70. The number of non-ortho nitro benzene ring substituents is 1. The van der Waals surface area contributed by atoms with Gasteiger partial charge in [0, 0.05) is 24.1 Å². The lowest BCUT2D eigenvalue weighted by Gasteiger charge is -2.12. The molecule has 0 saturated carbocycles. The second kappa shape index (κ2) is 10.1. The zero-order valence-corrected chi connectivity index (χ0v) is 19.0. The number of hydrogen-bond acceptors (Lipinski definition) is 3. The summed E-state index contributed by atoms with van der Waals surface area (Å²) in [6.45, 7) is 4.82. The van der Waals surface area contributed by atoms with Gasteiger partial charge in [-0.25, -0.2) is 0 Å². The molecule has 4 aromatic carbocycles. The van der Waals surface area contributed by atoms with Crippen LogP contribution in [0.2, 0.25) is 0 Å². The van der Waals surface area contributed by atoms with Crippen LogP contribution in [0.4, 0.5) is 5.69 Å². The molecule has 0 amide bonds. The van der Waals surface area contributed by atoms with Gasteiger partial charge in [-0.1, -0.05) is 83.9 Å². The van der Waals surface area contributed by atoms with Crippen LogP contribution >= 0.6 is 0 Å². The SMILES string of the molecule is Cc1ccc(Cc2cc3c(c(-c4cccc([N+](=O)[O-])c4)c2)OCC3)cc1.Cc1ccccc1. The van der Waals surface area contributed by atoms with E-state index in [1.54, 1.807) is 12.1 Å². The van der Waals surface area contributed by atoms with Gasteiger partial charge in [-0.05, 0) is 48.6 Å². The Hall–Kier alpha value is -3.92. The van der Waals surface area contributed by atoms with E-state index >= 15 is 0 Å². The highest BCUT2D eigenvalue weighted by Gasteiger charge is 2.20. The maximum Gasteiger partial charge on any atom is 0.270 e. The minimum absolute atomic E-state index is 0.0955.